The van der Waals surface area contributed by atoms with Gasteiger partial charge < -0.3 is 14.5 Å². The van der Waals surface area contributed by atoms with Crippen LogP contribution in [-0.2, 0) is 6.54 Å². The third kappa shape index (κ3) is 2.56. The normalized spacial score (nSPS) is 10.7. The Morgan fingerprint density at radius 2 is 2.20 bits per heavy atom. The van der Waals surface area contributed by atoms with E-state index in [9.17, 15) is 4.39 Å². The van der Waals surface area contributed by atoms with E-state index in [1.807, 2.05) is 35.0 Å². The van der Waals surface area contributed by atoms with Crippen molar-refractivity contribution < 1.29 is 9.13 Å². The topological polar surface area (TPSA) is 38.6 Å². The number of anilines is 1. The van der Waals surface area contributed by atoms with E-state index in [0.29, 0.717) is 18.0 Å². The van der Waals surface area contributed by atoms with E-state index in [1.165, 1.54) is 19.2 Å². The number of fused-ring (bicyclic) bond motifs is 1. The summed E-state index contributed by atoms with van der Waals surface area (Å²) in [5.41, 5.74) is 2.44. The fraction of sp³-hybridized carbons (Fsp3) is 0.133. The number of hydrogen-bond donors (Lipinski definition) is 1. The molecule has 20 heavy (non-hydrogen) atoms. The smallest absolute Gasteiger partial charge is 0.137 e. The van der Waals surface area contributed by atoms with Crippen LogP contribution in [0.1, 0.15) is 5.69 Å². The molecule has 2 aromatic heterocycles. The third-order valence-electron chi connectivity index (χ3n) is 2.99. The van der Waals surface area contributed by atoms with Gasteiger partial charge in [0.05, 0.1) is 19.3 Å². The first-order valence-electron chi connectivity index (χ1n) is 6.26. The molecule has 1 aromatic carbocycles. The summed E-state index contributed by atoms with van der Waals surface area (Å²) in [6.45, 7) is 0.522. The largest absolute Gasteiger partial charge is 0.497 e. The molecule has 0 bridgehead atoms. The van der Waals surface area contributed by atoms with Crippen molar-refractivity contribution in [3.8, 4) is 5.75 Å². The fourth-order valence-electron chi connectivity index (χ4n) is 2.05. The zero-order chi connectivity index (χ0) is 13.9. The van der Waals surface area contributed by atoms with Gasteiger partial charge in [0.2, 0.25) is 0 Å². The second-order valence-electron chi connectivity index (χ2n) is 4.43. The molecule has 0 radical (unpaired) electrons. The Morgan fingerprint density at radius 3 is 3.00 bits per heavy atom. The van der Waals surface area contributed by atoms with E-state index in [0.717, 1.165) is 11.3 Å². The summed E-state index contributed by atoms with van der Waals surface area (Å²) in [5.74, 6) is 0.157. The maximum atomic E-state index is 13.4. The van der Waals surface area contributed by atoms with E-state index in [4.69, 9.17) is 4.74 Å². The predicted octanol–water partition coefficient (Wildman–Crippen LogP) is 3.09. The van der Waals surface area contributed by atoms with E-state index in [-0.39, 0.29) is 5.82 Å². The monoisotopic (exact) mass is 271 g/mol. The highest BCUT2D eigenvalue weighted by molar-refractivity contribution is 5.49. The van der Waals surface area contributed by atoms with Gasteiger partial charge in [-0.15, -0.1) is 0 Å². The lowest BCUT2D eigenvalue weighted by Gasteiger charge is -2.07. The molecule has 5 heteroatoms. The molecule has 0 fully saturated rings. The van der Waals surface area contributed by atoms with Crippen molar-refractivity contribution >= 4 is 11.3 Å². The van der Waals surface area contributed by atoms with Crippen LogP contribution < -0.4 is 10.1 Å². The van der Waals surface area contributed by atoms with Gasteiger partial charge in [0.25, 0.3) is 0 Å². The van der Waals surface area contributed by atoms with Crippen LogP contribution in [0.15, 0.2) is 48.8 Å². The number of imidazole rings is 1. The first-order valence-corrected chi connectivity index (χ1v) is 6.26. The van der Waals surface area contributed by atoms with Crippen molar-refractivity contribution in [2.75, 3.05) is 12.4 Å². The Balaban J connectivity index is 1.77. The van der Waals surface area contributed by atoms with Gasteiger partial charge in [-0.2, -0.15) is 0 Å². The van der Waals surface area contributed by atoms with Crippen LogP contribution in [0.4, 0.5) is 10.1 Å². The summed E-state index contributed by atoms with van der Waals surface area (Å²) in [6.07, 6.45) is 3.88. The average molecular weight is 271 g/mol. The van der Waals surface area contributed by atoms with Gasteiger partial charge in [-0.1, -0.05) is 6.07 Å². The van der Waals surface area contributed by atoms with Gasteiger partial charge in [0, 0.05) is 30.2 Å². The molecule has 0 aliphatic carbocycles. The zero-order valence-corrected chi connectivity index (χ0v) is 11.0. The van der Waals surface area contributed by atoms with Gasteiger partial charge >= 0.3 is 0 Å². The Kier molecular flexibility index (Phi) is 3.25. The maximum absolute atomic E-state index is 13.4. The quantitative estimate of drug-likeness (QED) is 0.792. The number of ether oxygens (including phenoxy) is 1. The molecule has 0 saturated heterocycles. The maximum Gasteiger partial charge on any atom is 0.137 e. The van der Waals surface area contributed by atoms with E-state index >= 15 is 0 Å². The SMILES string of the molecule is COc1cc(F)cc(NCc2cn3ccccc3n2)c1. The molecule has 0 unspecified atom stereocenters. The predicted molar refractivity (Wildman–Crippen MR) is 75.5 cm³/mol. The molecule has 0 amide bonds. The van der Waals surface area contributed by atoms with E-state index in [2.05, 4.69) is 10.3 Å². The molecule has 0 aliphatic rings. The summed E-state index contributed by atoms with van der Waals surface area (Å²) < 4.78 is 20.4. The van der Waals surface area contributed by atoms with Crippen LogP contribution >= 0.6 is 0 Å². The third-order valence-corrected chi connectivity index (χ3v) is 2.99. The Labute approximate surface area is 115 Å². The van der Waals surface area contributed by atoms with Crippen LogP contribution in [0, 0.1) is 5.82 Å². The van der Waals surface area contributed by atoms with Crippen LogP contribution in [0.2, 0.25) is 0 Å². The summed E-state index contributed by atoms with van der Waals surface area (Å²) in [5, 5.41) is 3.14. The number of benzene rings is 1. The van der Waals surface area contributed by atoms with Crippen LogP contribution in [0.3, 0.4) is 0 Å². The molecular formula is C15H14FN3O. The summed E-state index contributed by atoms with van der Waals surface area (Å²) in [4.78, 5) is 4.47. The first-order chi connectivity index (χ1) is 9.74. The van der Waals surface area contributed by atoms with Gasteiger partial charge in [-0.05, 0) is 18.2 Å². The number of nitrogens with zero attached hydrogens (tertiary/aromatic N) is 2. The van der Waals surface area contributed by atoms with Crippen molar-refractivity contribution in [1.29, 1.82) is 0 Å². The van der Waals surface area contributed by atoms with Crippen molar-refractivity contribution in [3.63, 3.8) is 0 Å². The Morgan fingerprint density at radius 1 is 1.30 bits per heavy atom. The lowest BCUT2D eigenvalue weighted by molar-refractivity contribution is 0.411. The summed E-state index contributed by atoms with van der Waals surface area (Å²) >= 11 is 0. The van der Waals surface area contributed by atoms with Crippen LogP contribution in [0.5, 0.6) is 5.75 Å². The van der Waals surface area contributed by atoms with Gasteiger partial charge in [0.15, 0.2) is 0 Å². The first kappa shape index (κ1) is 12.5. The molecule has 2 heterocycles. The summed E-state index contributed by atoms with van der Waals surface area (Å²) in [6, 6.07) is 10.3. The van der Waals surface area contributed by atoms with Crippen LogP contribution in [-0.4, -0.2) is 16.5 Å². The minimum atomic E-state index is -0.332. The lowest BCUT2D eigenvalue weighted by atomic mass is 10.3. The number of aromatic nitrogens is 2. The second-order valence-corrected chi connectivity index (χ2v) is 4.43. The van der Waals surface area contributed by atoms with E-state index < -0.39 is 0 Å². The van der Waals surface area contributed by atoms with E-state index in [1.54, 1.807) is 6.07 Å². The molecule has 4 nitrogen and oxygen atoms in total. The molecule has 1 N–H and O–H groups in total. The molecule has 0 spiro atoms. The number of halogens is 1. The minimum Gasteiger partial charge on any atom is -0.497 e. The minimum absolute atomic E-state index is 0.332. The molecule has 0 aliphatic heterocycles. The van der Waals surface area contributed by atoms with Gasteiger partial charge in [0.1, 0.15) is 17.2 Å². The molecular weight excluding hydrogens is 257 g/mol. The molecule has 3 rings (SSSR count). The Bertz CT molecular complexity index is 706. The highest BCUT2D eigenvalue weighted by atomic mass is 19.1. The average Bonchev–Trinajstić information content (AvgIpc) is 2.87. The molecule has 102 valence electrons. The second kappa shape index (κ2) is 5.21. The number of nitrogens with one attached hydrogen (secondary N) is 1. The number of methoxy groups -OCH3 is 1. The summed E-state index contributed by atoms with van der Waals surface area (Å²) in [7, 11) is 1.51. The fourth-order valence-corrected chi connectivity index (χ4v) is 2.05. The Hall–Kier alpha value is -2.56. The number of pyridine rings is 1. The highest BCUT2D eigenvalue weighted by Crippen LogP contribution is 2.20. The van der Waals surface area contributed by atoms with Crippen LogP contribution in [0.25, 0.3) is 5.65 Å². The van der Waals surface area contributed by atoms with Crippen molar-refractivity contribution in [1.82, 2.24) is 9.38 Å². The van der Waals surface area contributed by atoms with Crippen molar-refractivity contribution in [3.05, 3.63) is 60.3 Å². The number of rotatable bonds is 4. The zero-order valence-electron chi connectivity index (χ0n) is 11.0. The lowest BCUT2D eigenvalue weighted by Crippen LogP contribution is -2.00. The molecule has 0 saturated carbocycles. The highest BCUT2D eigenvalue weighted by Gasteiger charge is 2.03. The molecule has 0 atom stereocenters. The van der Waals surface area contributed by atoms with Crippen molar-refractivity contribution in [2.45, 2.75) is 6.54 Å². The van der Waals surface area contributed by atoms with Gasteiger partial charge in [-0.25, -0.2) is 9.37 Å². The van der Waals surface area contributed by atoms with Crippen molar-refractivity contribution in [2.24, 2.45) is 0 Å². The standard InChI is InChI=1S/C15H14FN3O/c1-20-14-7-11(16)6-12(8-14)17-9-13-10-19-5-3-2-4-15(19)18-13/h2-8,10,17H,9H2,1H3. The molecule has 3 aromatic rings. The van der Waals surface area contributed by atoms with Gasteiger partial charge in [-0.3, -0.25) is 0 Å². The number of hydrogen-bond acceptors (Lipinski definition) is 3.